The third-order valence-electron chi connectivity index (χ3n) is 4.47. The summed E-state index contributed by atoms with van der Waals surface area (Å²) in [5.74, 6) is 0.613. The van der Waals surface area contributed by atoms with Crippen molar-refractivity contribution >= 4 is 11.8 Å². The van der Waals surface area contributed by atoms with E-state index in [1.807, 2.05) is 6.92 Å². The van der Waals surface area contributed by atoms with Gasteiger partial charge in [0.25, 0.3) is 0 Å². The van der Waals surface area contributed by atoms with Crippen LogP contribution >= 0.6 is 0 Å². The van der Waals surface area contributed by atoms with Gasteiger partial charge in [0.05, 0.1) is 12.0 Å². The number of carbonyl (C=O) groups excluding carboxylic acids is 2. The van der Waals surface area contributed by atoms with Crippen LogP contribution in [-0.4, -0.2) is 43.4 Å². The van der Waals surface area contributed by atoms with Crippen molar-refractivity contribution in [1.82, 2.24) is 10.2 Å². The fourth-order valence-electron chi connectivity index (χ4n) is 2.93. The first-order valence-electron chi connectivity index (χ1n) is 7.69. The van der Waals surface area contributed by atoms with Crippen LogP contribution < -0.4 is 11.1 Å². The number of hydrogen-bond acceptors (Lipinski definition) is 3. The van der Waals surface area contributed by atoms with Crippen molar-refractivity contribution in [2.24, 2.45) is 17.1 Å². The van der Waals surface area contributed by atoms with E-state index in [0.29, 0.717) is 19.0 Å². The second kappa shape index (κ2) is 7.62. The second-order valence-electron chi connectivity index (χ2n) is 6.07. The predicted octanol–water partition coefficient (Wildman–Crippen LogP) is 1.13. The summed E-state index contributed by atoms with van der Waals surface area (Å²) >= 11 is 0. The third-order valence-corrected chi connectivity index (χ3v) is 4.47. The molecular formula is C15H29N3O2. The van der Waals surface area contributed by atoms with Gasteiger partial charge in [0.1, 0.15) is 0 Å². The van der Waals surface area contributed by atoms with E-state index in [4.69, 9.17) is 5.73 Å². The van der Waals surface area contributed by atoms with Gasteiger partial charge in [-0.15, -0.1) is 0 Å². The van der Waals surface area contributed by atoms with Crippen LogP contribution in [0.2, 0.25) is 0 Å². The molecule has 5 heteroatoms. The van der Waals surface area contributed by atoms with Gasteiger partial charge in [-0.3, -0.25) is 9.59 Å². The minimum absolute atomic E-state index is 0.0670. The first kappa shape index (κ1) is 17.0. The Morgan fingerprint density at radius 1 is 1.35 bits per heavy atom. The third kappa shape index (κ3) is 3.95. The topological polar surface area (TPSA) is 75.4 Å². The van der Waals surface area contributed by atoms with Crippen molar-refractivity contribution in [2.75, 3.05) is 26.7 Å². The highest BCUT2D eigenvalue weighted by molar-refractivity contribution is 5.88. The van der Waals surface area contributed by atoms with Crippen LogP contribution in [0.15, 0.2) is 0 Å². The van der Waals surface area contributed by atoms with Crippen molar-refractivity contribution in [3.63, 3.8) is 0 Å². The highest BCUT2D eigenvalue weighted by Gasteiger charge is 2.42. The molecule has 1 aliphatic rings. The molecule has 2 amide bonds. The summed E-state index contributed by atoms with van der Waals surface area (Å²) in [5, 5.41) is 2.59. The average molecular weight is 283 g/mol. The quantitative estimate of drug-likeness (QED) is 0.767. The lowest BCUT2D eigenvalue weighted by molar-refractivity contribution is -0.146. The van der Waals surface area contributed by atoms with Crippen LogP contribution in [-0.2, 0) is 9.59 Å². The van der Waals surface area contributed by atoms with E-state index in [9.17, 15) is 9.59 Å². The summed E-state index contributed by atoms with van der Waals surface area (Å²) in [6.45, 7) is 5.37. The maximum atomic E-state index is 12.9. The molecule has 0 radical (unpaired) electrons. The zero-order valence-electron chi connectivity index (χ0n) is 13.1. The number of nitrogens with one attached hydrogen (secondary N) is 1. The molecule has 20 heavy (non-hydrogen) atoms. The van der Waals surface area contributed by atoms with E-state index < -0.39 is 5.41 Å². The fourth-order valence-corrected chi connectivity index (χ4v) is 2.93. The van der Waals surface area contributed by atoms with Crippen LogP contribution in [0.3, 0.4) is 0 Å². The van der Waals surface area contributed by atoms with Crippen molar-refractivity contribution in [3.8, 4) is 0 Å². The Kier molecular flexibility index (Phi) is 6.46. The van der Waals surface area contributed by atoms with Gasteiger partial charge in [-0.1, -0.05) is 13.8 Å². The van der Waals surface area contributed by atoms with Gasteiger partial charge < -0.3 is 16.0 Å². The molecule has 0 atom stereocenters. The molecule has 1 rings (SSSR count). The molecule has 0 spiro atoms. The zero-order chi connectivity index (χ0) is 15.2. The molecule has 116 valence electrons. The Morgan fingerprint density at radius 3 is 2.40 bits per heavy atom. The van der Waals surface area contributed by atoms with Crippen molar-refractivity contribution in [3.05, 3.63) is 0 Å². The summed E-state index contributed by atoms with van der Waals surface area (Å²) in [6.07, 6.45) is 4.63. The van der Waals surface area contributed by atoms with Gasteiger partial charge in [0.2, 0.25) is 11.8 Å². The molecule has 0 heterocycles. The number of amides is 2. The van der Waals surface area contributed by atoms with Crippen molar-refractivity contribution in [1.29, 1.82) is 0 Å². The number of likely N-dealkylation sites (N-methyl/N-ethyl adjacent to an activating group) is 1. The fraction of sp³-hybridized carbons (Fsp3) is 0.867. The van der Waals surface area contributed by atoms with Crippen molar-refractivity contribution in [2.45, 2.75) is 46.0 Å². The van der Waals surface area contributed by atoms with Crippen LogP contribution in [0, 0.1) is 11.3 Å². The van der Waals surface area contributed by atoms with Gasteiger partial charge in [0, 0.05) is 20.1 Å². The normalized spacial score (nSPS) is 26.1. The lowest BCUT2D eigenvalue weighted by atomic mass is 9.70. The molecule has 5 nitrogen and oxygen atoms in total. The molecule has 1 fully saturated rings. The number of hydrogen-bond donors (Lipinski definition) is 2. The summed E-state index contributed by atoms with van der Waals surface area (Å²) in [6, 6.07) is 0. The van der Waals surface area contributed by atoms with Gasteiger partial charge in [-0.05, 0) is 38.0 Å². The Morgan fingerprint density at radius 2 is 1.95 bits per heavy atom. The van der Waals surface area contributed by atoms with Gasteiger partial charge in [0.15, 0.2) is 0 Å². The maximum absolute atomic E-state index is 12.9. The highest BCUT2D eigenvalue weighted by atomic mass is 16.2. The largest absolute Gasteiger partial charge is 0.358 e. The molecular weight excluding hydrogens is 254 g/mol. The molecule has 1 aliphatic carbocycles. The van der Waals surface area contributed by atoms with E-state index in [1.54, 1.807) is 11.9 Å². The molecule has 0 aliphatic heterocycles. The number of carbonyl (C=O) groups is 2. The molecule has 0 saturated heterocycles. The van der Waals surface area contributed by atoms with Gasteiger partial charge >= 0.3 is 0 Å². The van der Waals surface area contributed by atoms with Gasteiger partial charge in [-0.25, -0.2) is 0 Å². The standard InChI is InChI=1S/C15H29N3O2/c1-4-9-18(10-13(19)17-3)14(20)15(11-16)7-5-12(2)6-8-15/h12H,4-11,16H2,1-3H3,(H,17,19). The van der Waals surface area contributed by atoms with Crippen LogP contribution in [0.1, 0.15) is 46.0 Å². The van der Waals surface area contributed by atoms with E-state index in [1.165, 1.54) is 0 Å². The van der Waals surface area contributed by atoms with Crippen LogP contribution in [0.25, 0.3) is 0 Å². The zero-order valence-corrected chi connectivity index (χ0v) is 13.1. The lowest BCUT2D eigenvalue weighted by Crippen LogP contribution is -2.52. The minimum atomic E-state index is -0.449. The van der Waals surface area contributed by atoms with E-state index in [2.05, 4.69) is 12.2 Å². The SMILES string of the molecule is CCCN(CC(=O)NC)C(=O)C1(CN)CCC(C)CC1. The van der Waals surface area contributed by atoms with Crippen molar-refractivity contribution < 1.29 is 9.59 Å². The van der Waals surface area contributed by atoms with Gasteiger partial charge in [-0.2, -0.15) is 0 Å². The Bertz CT molecular complexity index is 336. The first-order valence-corrected chi connectivity index (χ1v) is 7.69. The van der Waals surface area contributed by atoms with E-state index >= 15 is 0 Å². The molecule has 0 unspecified atom stereocenters. The highest BCUT2D eigenvalue weighted by Crippen LogP contribution is 2.39. The Hall–Kier alpha value is -1.10. The van der Waals surface area contributed by atoms with E-state index in [0.717, 1.165) is 32.1 Å². The molecule has 0 aromatic rings. The molecule has 0 bridgehead atoms. The average Bonchev–Trinajstić information content (AvgIpc) is 2.47. The molecule has 3 N–H and O–H groups in total. The number of nitrogens with zero attached hydrogens (tertiary/aromatic N) is 1. The van der Waals surface area contributed by atoms with Crippen LogP contribution in [0.5, 0.6) is 0 Å². The Labute approximate surface area is 122 Å². The number of rotatable bonds is 6. The summed E-state index contributed by atoms with van der Waals surface area (Å²) < 4.78 is 0. The lowest BCUT2D eigenvalue weighted by Gasteiger charge is -2.40. The van der Waals surface area contributed by atoms with Crippen LogP contribution in [0.4, 0.5) is 0 Å². The summed E-state index contributed by atoms with van der Waals surface area (Å²) in [4.78, 5) is 26.1. The number of nitrogens with two attached hydrogens (primary N) is 1. The molecule has 1 saturated carbocycles. The summed E-state index contributed by atoms with van der Waals surface area (Å²) in [7, 11) is 1.60. The second-order valence-corrected chi connectivity index (χ2v) is 6.07. The predicted molar refractivity (Wildman–Crippen MR) is 80.1 cm³/mol. The first-order chi connectivity index (χ1) is 9.49. The monoisotopic (exact) mass is 283 g/mol. The maximum Gasteiger partial charge on any atom is 0.239 e. The smallest absolute Gasteiger partial charge is 0.239 e. The summed E-state index contributed by atoms with van der Waals surface area (Å²) in [5.41, 5.74) is 5.49. The Balaban J connectivity index is 2.82. The molecule has 0 aromatic carbocycles. The van der Waals surface area contributed by atoms with E-state index in [-0.39, 0.29) is 18.4 Å². The molecule has 0 aromatic heterocycles. The minimum Gasteiger partial charge on any atom is -0.358 e.